The lowest BCUT2D eigenvalue weighted by atomic mass is 10.0. The molecule has 0 radical (unpaired) electrons. The van der Waals surface area contributed by atoms with E-state index >= 15 is 0 Å². The van der Waals surface area contributed by atoms with Crippen molar-refractivity contribution in [2.75, 3.05) is 0 Å². The Morgan fingerprint density at radius 1 is 1.36 bits per heavy atom. The highest BCUT2D eigenvalue weighted by Gasteiger charge is 2.05. The molecular weight excluding hydrogens is 174 g/mol. The molecule has 1 N–H and O–H groups in total. The van der Waals surface area contributed by atoms with Crippen molar-refractivity contribution >= 4 is 0 Å². The van der Waals surface area contributed by atoms with Crippen molar-refractivity contribution in [3.8, 4) is 6.07 Å². The number of aliphatic hydroxyl groups excluding tert-OH is 1. The molecule has 0 heterocycles. The Labute approximate surface area is 84.8 Å². The van der Waals surface area contributed by atoms with Crippen LogP contribution >= 0.6 is 0 Å². The van der Waals surface area contributed by atoms with E-state index in [0.717, 1.165) is 12.0 Å². The Kier molecular flexibility index (Phi) is 4.15. The number of rotatable bonds is 4. The predicted molar refractivity (Wildman–Crippen MR) is 55.6 cm³/mol. The zero-order valence-electron chi connectivity index (χ0n) is 8.40. The summed E-state index contributed by atoms with van der Waals surface area (Å²) in [7, 11) is 0. The molecule has 74 valence electrons. The van der Waals surface area contributed by atoms with Gasteiger partial charge in [-0.15, -0.1) is 0 Å². The van der Waals surface area contributed by atoms with Crippen molar-refractivity contribution in [3.63, 3.8) is 0 Å². The van der Waals surface area contributed by atoms with Crippen LogP contribution in [0.15, 0.2) is 24.3 Å². The van der Waals surface area contributed by atoms with Crippen molar-refractivity contribution in [3.05, 3.63) is 35.4 Å². The third-order valence-electron chi connectivity index (χ3n) is 2.23. The van der Waals surface area contributed by atoms with E-state index in [4.69, 9.17) is 5.26 Å². The van der Waals surface area contributed by atoms with Crippen LogP contribution in [0.1, 0.15) is 36.5 Å². The summed E-state index contributed by atoms with van der Waals surface area (Å²) in [6.45, 7) is 2.02. The average Bonchev–Trinajstić information content (AvgIpc) is 2.19. The highest BCUT2D eigenvalue weighted by Crippen LogP contribution is 2.19. The minimum Gasteiger partial charge on any atom is -0.388 e. The number of nitrogens with zero attached hydrogens (tertiary/aromatic N) is 1. The molecule has 0 fully saturated rings. The Morgan fingerprint density at radius 2 is 2.00 bits per heavy atom. The van der Waals surface area contributed by atoms with Crippen molar-refractivity contribution in [1.82, 2.24) is 0 Å². The van der Waals surface area contributed by atoms with Gasteiger partial charge in [0.05, 0.1) is 12.2 Å². The van der Waals surface area contributed by atoms with Gasteiger partial charge in [0.15, 0.2) is 0 Å². The highest BCUT2D eigenvalue weighted by molar-refractivity contribution is 5.22. The molecule has 0 aliphatic rings. The van der Waals surface area contributed by atoms with Crippen LogP contribution in [0.3, 0.4) is 0 Å². The minimum atomic E-state index is -0.427. The quantitative estimate of drug-likeness (QED) is 0.740. The number of hydrogen-bond acceptors (Lipinski definition) is 2. The standard InChI is InChI=1S/C12H15NO/c1-10-5-7-11(8-6-10)12(14)4-2-3-9-13/h5-8,12,14H,2-4H2,1H3/t12-/m0/s1. The Balaban J connectivity index is 2.48. The number of unbranched alkanes of at least 4 members (excludes halogenated alkanes) is 1. The summed E-state index contributed by atoms with van der Waals surface area (Å²) < 4.78 is 0. The molecule has 0 aliphatic carbocycles. The van der Waals surface area contributed by atoms with E-state index in [9.17, 15) is 5.11 Å². The monoisotopic (exact) mass is 189 g/mol. The van der Waals surface area contributed by atoms with E-state index in [2.05, 4.69) is 6.07 Å². The van der Waals surface area contributed by atoms with Gasteiger partial charge in [-0.25, -0.2) is 0 Å². The molecule has 0 unspecified atom stereocenters. The lowest BCUT2D eigenvalue weighted by Crippen LogP contribution is -1.96. The fraction of sp³-hybridized carbons (Fsp3) is 0.417. The summed E-state index contributed by atoms with van der Waals surface area (Å²) in [5, 5.41) is 18.1. The van der Waals surface area contributed by atoms with E-state index in [1.165, 1.54) is 5.56 Å². The molecule has 2 nitrogen and oxygen atoms in total. The molecule has 1 atom stereocenters. The van der Waals surface area contributed by atoms with E-state index in [1.54, 1.807) is 0 Å². The van der Waals surface area contributed by atoms with Gasteiger partial charge in [-0.2, -0.15) is 5.26 Å². The molecule has 2 heteroatoms. The first kappa shape index (κ1) is 10.7. The first-order chi connectivity index (χ1) is 6.74. The van der Waals surface area contributed by atoms with Gasteiger partial charge >= 0.3 is 0 Å². The number of aryl methyl sites for hydroxylation is 1. The van der Waals surface area contributed by atoms with Gasteiger partial charge < -0.3 is 5.11 Å². The van der Waals surface area contributed by atoms with Gasteiger partial charge in [0.1, 0.15) is 0 Å². The van der Waals surface area contributed by atoms with Crippen molar-refractivity contribution < 1.29 is 5.11 Å². The second kappa shape index (κ2) is 5.41. The molecule has 14 heavy (non-hydrogen) atoms. The third kappa shape index (κ3) is 3.20. The third-order valence-corrected chi connectivity index (χ3v) is 2.23. The van der Waals surface area contributed by atoms with Crippen molar-refractivity contribution in [2.24, 2.45) is 0 Å². The molecule has 0 saturated heterocycles. The maximum absolute atomic E-state index is 9.73. The van der Waals surface area contributed by atoms with Gasteiger partial charge in [0.2, 0.25) is 0 Å². The summed E-state index contributed by atoms with van der Waals surface area (Å²) >= 11 is 0. The van der Waals surface area contributed by atoms with Crippen LogP contribution in [0, 0.1) is 18.3 Å². The lowest BCUT2D eigenvalue weighted by Gasteiger charge is -2.09. The largest absolute Gasteiger partial charge is 0.388 e. The second-order valence-electron chi connectivity index (χ2n) is 3.48. The van der Waals surface area contributed by atoms with Crippen LogP contribution < -0.4 is 0 Å². The SMILES string of the molecule is Cc1ccc([C@@H](O)CCCC#N)cc1. The number of nitriles is 1. The second-order valence-corrected chi connectivity index (χ2v) is 3.48. The van der Waals surface area contributed by atoms with Gasteiger partial charge in [-0.1, -0.05) is 29.8 Å². The smallest absolute Gasteiger partial charge is 0.0790 e. The summed E-state index contributed by atoms with van der Waals surface area (Å²) in [5.41, 5.74) is 2.13. The van der Waals surface area contributed by atoms with Crippen molar-refractivity contribution in [1.29, 1.82) is 5.26 Å². The van der Waals surface area contributed by atoms with Crippen molar-refractivity contribution in [2.45, 2.75) is 32.3 Å². The van der Waals surface area contributed by atoms with Gasteiger partial charge in [0, 0.05) is 6.42 Å². The lowest BCUT2D eigenvalue weighted by molar-refractivity contribution is 0.165. The molecule has 1 aromatic rings. The predicted octanol–water partition coefficient (Wildman–Crippen LogP) is 2.72. The molecule has 1 aromatic carbocycles. The Bertz CT molecular complexity index is 310. The summed E-state index contributed by atoms with van der Waals surface area (Å²) in [6.07, 6.45) is 1.51. The van der Waals surface area contributed by atoms with Crippen LogP contribution in [0.25, 0.3) is 0 Å². The van der Waals surface area contributed by atoms with E-state index in [1.807, 2.05) is 31.2 Å². The fourth-order valence-corrected chi connectivity index (χ4v) is 1.33. The summed E-state index contributed by atoms with van der Waals surface area (Å²) in [4.78, 5) is 0. The molecule has 0 amide bonds. The molecule has 1 rings (SSSR count). The highest BCUT2D eigenvalue weighted by atomic mass is 16.3. The Morgan fingerprint density at radius 3 is 2.57 bits per heavy atom. The summed E-state index contributed by atoms with van der Waals surface area (Å²) in [6, 6.07) is 9.92. The molecule has 0 aromatic heterocycles. The van der Waals surface area contributed by atoms with Gasteiger partial charge in [0.25, 0.3) is 0 Å². The van der Waals surface area contributed by atoms with Crippen LogP contribution in [-0.4, -0.2) is 5.11 Å². The topological polar surface area (TPSA) is 44.0 Å². The average molecular weight is 189 g/mol. The molecule has 0 bridgehead atoms. The molecular formula is C12H15NO. The zero-order chi connectivity index (χ0) is 10.4. The molecule has 0 aliphatic heterocycles. The van der Waals surface area contributed by atoms with Gasteiger partial charge in [-0.3, -0.25) is 0 Å². The number of aliphatic hydroxyl groups is 1. The maximum atomic E-state index is 9.73. The van der Waals surface area contributed by atoms with Crippen LogP contribution in [-0.2, 0) is 0 Å². The number of hydrogen-bond donors (Lipinski definition) is 1. The molecule has 0 spiro atoms. The van der Waals surface area contributed by atoms with Crippen LogP contribution in [0.4, 0.5) is 0 Å². The van der Waals surface area contributed by atoms with E-state index in [0.29, 0.717) is 12.8 Å². The molecule has 0 saturated carbocycles. The van der Waals surface area contributed by atoms with Crippen LogP contribution in [0.5, 0.6) is 0 Å². The fourth-order valence-electron chi connectivity index (χ4n) is 1.33. The normalized spacial score (nSPS) is 12.1. The maximum Gasteiger partial charge on any atom is 0.0790 e. The first-order valence-electron chi connectivity index (χ1n) is 4.85. The van der Waals surface area contributed by atoms with E-state index in [-0.39, 0.29) is 0 Å². The van der Waals surface area contributed by atoms with Crippen LogP contribution in [0.2, 0.25) is 0 Å². The van der Waals surface area contributed by atoms with E-state index < -0.39 is 6.10 Å². The van der Waals surface area contributed by atoms with Gasteiger partial charge in [-0.05, 0) is 25.3 Å². The summed E-state index contributed by atoms with van der Waals surface area (Å²) in [5.74, 6) is 0. The number of benzene rings is 1. The zero-order valence-corrected chi connectivity index (χ0v) is 8.40. The minimum absolute atomic E-state index is 0.427. The Hall–Kier alpha value is -1.33. The first-order valence-corrected chi connectivity index (χ1v) is 4.85.